The van der Waals surface area contributed by atoms with E-state index in [1.807, 2.05) is 11.8 Å². The summed E-state index contributed by atoms with van der Waals surface area (Å²) in [5.41, 5.74) is 0. The molecule has 4 heteroatoms. The molecule has 3 nitrogen and oxygen atoms in total. The van der Waals surface area contributed by atoms with Crippen molar-refractivity contribution in [2.45, 2.75) is 31.1 Å². The number of hydrogen-bond acceptors (Lipinski definition) is 3. The molecule has 1 aliphatic carbocycles. The van der Waals surface area contributed by atoms with Crippen LogP contribution >= 0.6 is 11.8 Å². The SMILES string of the molecule is CC1CN(C2CCC2C(=O)O)CCS1. The maximum Gasteiger partial charge on any atom is 0.308 e. The second-order valence-electron chi connectivity index (χ2n) is 4.27. The first-order valence-corrected chi connectivity index (χ1v) is 6.32. The summed E-state index contributed by atoms with van der Waals surface area (Å²) < 4.78 is 0. The second kappa shape index (κ2) is 4.11. The Labute approximate surface area is 88.9 Å². The van der Waals surface area contributed by atoms with Gasteiger partial charge in [0.1, 0.15) is 0 Å². The molecule has 0 aromatic carbocycles. The monoisotopic (exact) mass is 215 g/mol. The zero-order chi connectivity index (χ0) is 10.1. The number of carbonyl (C=O) groups is 1. The summed E-state index contributed by atoms with van der Waals surface area (Å²) in [6.07, 6.45) is 1.95. The molecule has 0 aromatic rings. The van der Waals surface area contributed by atoms with Gasteiger partial charge in [-0.15, -0.1) is 0 Å². The lowest BCUT2D eigenvalue weighted by Gasteiger charge is -2.45. The van der Waals surface area contributed by atoms with Crippen molar-refractivity contribution >= 4 is 17.7 Å². The van der Waals surface area contributed by atoms with Crippen LogP contribution in [0.25, 0.3) is 0 Å². The molecule has 3 unspecified atom stereocenters. The van der Waals surface area contributed by atoms with Crippen molar-refractivity contribution in [3.63, 3.8) is 0 Å². The van der Waals surface area contributed by atoms with Crippen molar-refractivity contribution in [1.82, 2.24) is 4.90 Å². The molecular weight excluding hydrogens is 198 g/mol. The Morgan fingerprint density at radius 1 is 1.50 bits per heavy atom. The van der Waals surface area contributed by atoms with Gasteiger partial charge in [0.25, 0.3) is 0 Å². The van der Waals surface area contributed by atoms with Gasteiger partial charge in [0, 0.05) is 30.1 Å². The van der Waals surface area contributed by atoms with Crippen molar-refractivity contribution < 1.29 is 9.90 Å². The van der Waals surface area contributed by atoms with Crippen LogP contribution in [-0.4, -0.2) is 46.1 Å². The number of rotatable bonds is 2. The molecule has 0 spiro atoms. The van der Waals surface area contributed by atoms with E-state index in [0.717, 1.165) is 31.7 Å². The lowest BCUT2D eigenvalue weighted by Crippen LogP contribution is -2.53. The predicted octanol–water partition coefficient (Wildman–Crippen LogP) is 1.29. The summed E-state index contributed by atoms with van der Waals surface area (Å²) in [5, 5.41) is 9.63. The quantitative estimate of drug-likeness (QED) is 0.753. The molecule has 2 rings (SSSR count). The van der Waals surface area contributed by atoms with Gasteiger partial charge < -0.3 is 5.11 Å². The van der Waals surface area contributed by atoms with Gasteiger partial charge in [0.2, 0.25) is 0 Å². The van der Waals surface area contributed by atoms with E-state index >= 15 is 0 Å². The van der Waals surface area contributed by atoms with Crippen LogP contribution in [0.2, 0.25) is 0 Å². The lowest BCUT2D eigenvalue weighted by atomic mass is 9.78. The molecular formula is C10H17NO2S. The largest absolute Gasteiger partial charge is 0.481 e. The van der Waals surface area contributed by atoms with E-state index in [1.54, 1.807) is 0 Å². The van der Waals surface area contributed by atoms with Gasteiger partial charge in [-0.3, -0.25) is 9.69 Å². The highest BCUT2D eigenvalue weighted by atomic mass is 32.2. The average Bonchev–Trinajstić information content (AvgIpc) is 2.00. The standard InChI is InChI=1S/C10H17NO2S/c1-7-6-11(4-5-14-7)9-3-2-8(9)10(12)13/h7-9H,2-6H2,1H3,(H,12,13). The molecule has 0 radical (unpaired) electrons. The summed E-state index contributed by atoms with van der Waals surface area (Å²) >= 11 is 1.99. The molecule has 0 amide bonds. The first-order chi connectivity index (χ1) is 6.68. The Balaban J connectivity index is 1.91. The normalized spacial score (nSPS) is 39.1. The summed E-state index contributed by atoms with van der Waals surface area (Å²) in [5.74, 6) is 0.460. The van der Waals surface area contributed by atoms with Gasteiger partial charge in [-0.05, 0) is 12.8 Å². The summed E-state index contributed by atoms with van der Waals surface area (Å²) in [7, 11) is 0. The molecule has 1 N–H and O–H groups in total. The fourth-order valence-electron chi connectivity index (χ4n) is 2.35. The van der Waals surface area contributed by atoms with E-state index in [-0.39, 0.29) is 5.92 Å². The summed E-state index contributed by atoms with van der Waals surface area (Å²) in [4.78, 5) is 13.3. The molecule has 0 bridgehead atoms. The Kier molecular flexibility index (Phi) is 3.02. The summed E-state index contributed by atoms with van der Waals surface area (Å²) in [6, 6.07) is 0.329. The lowest BCUT2D eigenvalue weighted by molar-refractivity contribution is -0.148. The minimum Gasteiger partial charge on any atom is -0.481 e. The Bertz CT molecular complexity index is 234. The van der Waals surface area contributed by atoms with Crippen molar-refractivity contribution in [3.8, 4) is 0 Å². The van der Waals surface area contributed by atoms with Crippen molar-refractivity contribution in [2.24, 2.45) is 5.92 Å². The zero-order valence-corrected chi connectivity index (χ0v) is 9.30. The van der Waals surface area contributed by atoms with Crippen molar-refractivity contribution in [1.29, 1.82) is 0 Å². The maximum absolute atomic E-state index is 10.9. The molecule has 2 aliphatic rings. The number of carboxylic acid groups (broad SMARTS) is 1. The predicted molar refractivity (Wildman–Crippen MR) is 57.6 cm³/mol. The van der Waals surface area contributed by atoms with Gasteiger partial charge >= 0.3 is 5.97 Å². The number of nitrogens with zero attached hydrogens (tertiary/aromatic N) is 1. The second-order valence-corrected chi connectivity index (χ2v) is 5.81. The first kappa shape index (κ1) is 10.3. The van der Waals surface area contributed by atoms with Crippen LogP contribution < -0.4 is 0 Å². The van der Waals surface area contributed by atoms with Crippen LogP contribution in [0.5, 0.6) is 0 Å². The van der Waals surface area contributed by atoms with E-state index in [0.29, 0.717) is 11.3 Å². The average molecular weight is 215 g/mol. The molecule has 0 aromatic heterocycles. The van der Waals surface area contributed by atoms with Gasteiger partial charge in [-0.1, -0.05) is 6.92 Å². The molecule has 80 valence electrons. The van der Waals surface area contributed by atoms with E-state index in [1.165, 1.54) is 0 Å². The Morgan fingerprint density at radius 2 is 2.29 bits per heavy atom. The van der Waals surface area contributed by atoms with Gasteiger partial charge in [-0.2, -0.15) is 11.8 Å². The van der Waals surface area contributed by atoms with Gasteiger partial charge in [0.15, 0.2) is 0 Å². The third-order valence-electron chi connectivity index (χ3n) is 3.30. The Morgan fingerprint density at radius 3 is 2.79 bits per heavy atom. The van der Waals surface area contributed by atoms with Crippen LogP contribution in [0.4, 0.5) is 0 Å². The minimum absolute atomic E-state index is 0.0923. The first-order valence-electron chi connectivity index (χ1n) is 5.27. The maximum atomic E-state index is 10.9. The third-order valence-corrected chi connectivity index (χ3v) is 4.43. The topological polar surface area (TPSA) is 40.5 Å². The molecule has 1 saturated heterocycles. The molecule has 1 aliphatic heterocycles. The Hall–Kier alpha value is -0.220. The van der Waals surface area contributed by atoms with E-state index in [4.69, 9.17) is 5.11 Å². The minimum atomic E-state index is -0.605. The fourth-order valence-corrected chi connectivity index (χ4v) is 3.39. The molecule has 1 saturated carbocycles. The molecule has 14 heavy (non-hydrogen) atoms. The van der Waals surface area contributed by atoms with Gasteiger partial charge in [0.05, 0.1) is 5.92 Å². The highest BCUT2D eigenvalue weighted by Gasteiger charge is 2.41. The molecule has 3 atom stereocenters. The van der Waals surface area contributed by atoms with Crippen LogP contribution in [0.3, 0.4) is 0 Å². The van der Waals surface area contributed by atoms with E-state index in [2.05, 4.69) is 11.8 Å². The van der Waals surface area contributed by atoms with Crippen LogP contribution in [0.1, 0.15) is 19.8 Å². The highest BCUT2D eigenvalue weighted by Crippen LogP contribution is 2.34. The fraction of sp³-hybridized carbons (Fsp3) is 0.900. The molecule has 2 fully saturated rings. The van der Waals surface area contributed by atoms with Crippen LogP contribution in [0.15, 0.2) is 0 Å². The number of hydrogen-bond donors (Lipinski definition) is 1. The van der Waals surface area contributed by atoms with Crippen molar-refractivity contribution in [3.05, 3.63) is 0 Å². The van der Waals surface area contributed by atoms with Gasteiger partial charge in [-0.25, -0.2) is 0 Å². The third kappa shape index (κ3) is 1.91. The zero-order valence-electron chi connectivity index (χ0n) is 8.48. The van der Waals surface area contributed by atoms with Crippen LogP contribution in [-0.2, 0) is 4.79 Å². The smallest absolute Gasteiger partial charge is 0.308 e. The molecule has 1 heterocycles. The highest BCUT2D eigenvalue weighted by molar-refractivity contribution is 7.99. The van der Waals surface area contributed by atoms with Crippen molar-refractivity contribution in [2.75, 3.05) is 18.8 Å². The number of thioether (sulfide) groups is 1. The summed E-state index contributed by atoms with van der Waals surface area (Å²) in [6.45, 7) is 4.37. The van der Waals surface area contributed by atoms with Crippen LogP contribution in [0, 0.1) is 5.92 Å². The van der Waals surface area contributed by atoms with E-state index in [9.17, 15) is 4.79 Å². The van der Waals surface area contributed by atoms with E-state index < -0.39 is 5.97 Å². The number of carboxylic acids is 1. The number of aliphatic carboxylic acids is 1.